The summed E-state index contributed by atoms with van der Waals surface area (Å²) in [5.74, 6) is -4.17. The van der Waals surface area contributed by atoms with Gasteiger partial charge in [-0.05, 0) is 42.7 Å². The molecule has 0 unspecified atom stereocenters. The Labute approximate surface area is 190 Å². The fourth-order valence-electron chi connectivity index (χ4n) is 3.37. The Kier molecular flexibility index (Phi) is 7.43. The molecule has 0 aromatic carbocycles. The molecule has 0 fully saturated rings. The SMILES string of the molecule is Nc1nc2ccn(CCCCc3csc(C(=O)N[C@@H](CCC(=O)O)C(=O)O)c3F)c2c(=O)[nH]1. The standard InChI is InChI=1S/C20H22FN5O6S/c21-14-10(9-33-16(14)18(30)23-12(19(31)32)4-5-13(27)28)3-1-2-7-26-8-6-11-15(26)17(29)25-20(22)24-11/h6,8-9,12H,1-5,7H2,(H,23,30)(H,27,28)(H,31,32)(H3,22,24,25,29)/t12-/m0/s1. The molecule has 33 heavy (non-hydrogen) atoms. The van der Waals surface area contributed by atoms with Crippen LogP contribution >= 0.6 is 11.3 Å². The number of thiophene rings is 1. The third kappa shape index (κ3) is 5.74. The highest BCUT2D eigenvalue weighted by atomic mass is 32.1. The summed E-state index contributed by atoms with van der Waals surface area (Å²) in [6.07, 6.45) is 2.52. The zero-order chi connectivity index (χ0) is 24.1. The first-order valence-corrected chi connectivity index (χ1v) is 10.9. The number of rotatable bonds is 11. The summed E-state index contributed by atoms with van der Waals surface area (Å²) in [5.41, 5.74) is 6.41. The van der Waals surface area contributed by atoms with E-state index >= 15 is 0 Å². The maximum absolute atomic E-state index is 14.7. The molecule has 0 aliphatic carbocycles. The molecule has 0 saturated carbocycles. The van der Waals surface area contributed by atoms with Crippen molar-refractivity contribution in [1.82, 2.24) is 19.9 Å². The van der Waals surface area contributed by atoms with E-state index in [0.717, 1.165) is 11.3 Å². The number of fused-ring (bicyclic) bond motifs is 1. The van der Waals surface area contributed by atoms with Crippen LogP contribution in [0.2, 0.25) is 0 Å². The zero-order valence-corrected chi connectivity index (χ0v) is 18.2. The quantitative estimate of drug-likeness (QED) is 0.257. The second-order valence-electron chi connectivity index (χ2n) is 7.35. The lowest BCUT2D eigenvalue weighted by Gasteiger charge is -2.12. The van der Waals surface area contributed by atoms with Gasteiger partial charge in [0.25, 0.3) is 11.5 Å². The van der Waals surface area contributed by atoms with Gasteiger partial charge in [-0.25, -0.2) is 14.2 Å². The van der Waals surface area contributed by atoms with Crippen molar-refractivity contribution in [2.75, 3.05) is 5.73 Å². The number of nitrogen functional groups attached to an aromatic ring is 1. The van der Waals surface area contributed by atoms with Crippen LogP contribution in [0.3, 0.4) is 0 Å². The van der Waals surface area contributed by atoms with Crippen LogP contribution < -0.4 is 16.6 Å². The molecule has 1 atom stereocenters. The van der Waals surface area contributed by atoms with Crippen LogP contribution in [0.25, 0.3) is 11.0 Å². The van der Waals surface area contributed by atoms with Gasteiger partial charge in [-0.1, -0.05) is 0 Å². The van der Waals surface area contributed by atoms with Crippen LogP contribution in [0.15, 0.2) is 22.4 Å². The monoisotopic (exact) mass is 479 g/mol. The molecule has 6 N–H and O–H groups in total. The van der Waals surface area contributed by atoms with Crippen LogP contribution in [0.4, 0.5) is 10.3 Å². The summed E-state index contributed by atoms with van der Waals surface area (Å²) >= 11 is 0.856. The van der Waals surface area contributed by atoms with Crippen molar-refractivity contribution in [2.45, 2.75) is 44.7 Å². The maximum atomic E-state index is 14.7. The summed E-state index contributed by atoms with van der Waals surface area (Å²) < 4.78 is 16.4. The number of nitrogens with zero attached hydrogens (tertiary/aromatic N) is 2. The van der Waals surface area contributed by atoms with E-state index in [-0.39, 0.29) is 22.8 Å². The summed E-state index contributed by atoms with van der Waals surface area (Å²) in [4.78, 5) is 52.5. The van der Waals surface area contributed by atoms with Crippen molar-refractivity contribution in [1.29, 1.82) is 0 Å². The van der Waals surface area contributed by atoms with E-state index in [1.54, 1.807) is 16.8 Å². The van der Waals surface area contributed by atoms with E-state index in [9.17, 15) is 23.6 Å². The number of carboxylic acids is 2. The third-order valence-corrected chi connectivity index (χ3v) is 5.99. The van der Waals surface area contributed by atoms with Crippen molar-refractivity contribution in [3.8, 4) is 0 Å². The summed E-state index contributed by atoms with van der Waals surface area (Å²) in [6, 6.07) is 0.258. The van der Waals surface area contributed by atoms with Gasteiger partial charge in [-0.15, -0.1) is 11.3 Å². The van der Waals surface area contributed by atoms with E-state index in [2.05, 4.69) is 15.3 Å². The first kappa shape index (κ1) is 23.9. The lowest BCUT2D eigenvalue weighted by Crippen LogP contribution is -2.41. The average molecular weight is 479 g/mol. The Morgan fingerprint density at radius 2 is 2.06 bits per heavy atom. The number of halogens is 1. The number of aliphatic carboxylic acids is 2. The number of unbranched alkanes of at least 4 members (excludes halogenated alkanes) is 1. The van der Waals surface area contributed by atoms with Gasteiger partial charge in [0.15, 0.2) is 0 Å². The minimum atomic E-state index is -1.43. The molecule has 0 spiro atoms. The minimum Gasteiger partial charge on any atom is -0.481 e. The van der Waals surface area contributed by atoms with Gasteiger partial charge in [0.2, 0.25) is 5.95 Å². The Morgan fingerprint density at radius 1 is 1.30 bits per heavy atom. The molecule has 0 aliphatic heterocycles. The first-order chi connectivity index (χ1) is 15.7. The van der Waals surface area contributed by atoms with Gasteiger partial charge in [0, 0.05) is 19.2 Å². The Hall–Kier alpha value is -3.74. The number of amides is 1. The number of aryl methyl sites for hydroxylation is 2. The number of nitrogens with one attached hydrogen (secondary N) is 2. The highest BCUT2D eigenvalue weighted by molar-refractivity contribution is 7.12. The highest BCUT2D eigenvalue weighted by Crippen LogP contribution is 2.23. The van der Waals surface area contributed by atoms with Crippen molar-refractivity contribution in [3.63, 3.8) is 0 Å². The second kappa shape index (κ2) is 10.3. The molecule has 0 aliphatic rings. The molecule has 0 bridgehead atoms. The summed E-state index contributed by atoms with van der Waals surface area (Å²) in [5, 5.41) is 21.5. The molecule has 3 rings (SSSR count). The molecule has 3 aromatic rings. The van der Waals surface area contributed by atoms with Crippen molar-refractivity contribution < 1.29 is 29.0 Å². The van der Waals surface area contributed by atoms with Crippen molar-refractivity contribution in [2.24, 2.45) is 0 Å². The molecule has 176 valence electrons. The topological polar surface area (TPSA) is 180 Å². The Balaban J connectivity index is 1.57. The Morgan fingerprint density at radius 3 is 2.76 bits per heavy atom. The molecular formula is C20H22FN5O6S. The van der Waals surface area contributed by atoms with E-state index < -0.39 is 36.1 Å². The average Bonchev–Trinajstić information content (AvgIpc) is 3.31. The van der Waals surface area contributed by atoms with Gasteiger partial charge in [-0.2, -0.15) is 0 Å². The van der Waals surface area contributed by atoms with Crippen LogP contribution in [0.1, 0.15) is 40.9 Å². The fraction of sp³-hybridized carbons (Fsp3) is 0.350. The molecule has 11 nitrogen and oxygen atoms in total. The molecule has 13 heteroatoms. The van der Waals surface area contributed by atoms with Crippen molar-refractivity contribution in [3.05, 3.63) is 44.3 Å². The maximum Gasteiger partial charge on any atom is 0.326 e. The Bertz CT molecular complexity index is 1250. The lowest BCUT2D eigenvalue weighted by molar-refractivity contribution is -0.140. The van der Waals surface area contributed by atoms with Crippen molar-refractivity contribution >= 4 is 46.2 Å². The van der Waals surface area contributed by atoms with Gasteiger partial charge >= 0.3 is 11.9 Å². The van der Waals surface area contributed by atoms with Crippen LogP contribution in [0, 0.1) is 5.82 Å². The number of carbonyl (C=O) groups excluding carboxylic acids is 1. The fourth-order valence-corrected chi connectivity index (χ4v) is 4.25. The van der Waals surface area contributed by atoms with E-state index in [1.165, 1.54) is 5.38 Å². The van der Waals surface area contributed by atoms with Gasteiger partial charge in [0.05, 0.1) is 5.52 Å². The number of hydrogen-bond donors (Lipinski definition) is 5. The number of carboxylic acid groups (broad SMARTS) is 2. The second-order valence-corrected chi connectivity index (χ2v) is 8.23. The first-order valence-electron chi connectivity index (χ1n) is 10.0. The molecule has 1 amide bonds. The zero-order valence-electron chi connectivity index (χ0n) is 17.3. The van der Waals surface area contributed by atoms with E-state index in [0.29, 0.717) is 42.4 Å². The number of H-pyrrole nitrogens is 1. The number of hydrogen-bond acceptors (Lipinski definition) is 7. The molecule has 0 saturated heterocycles. The minimum absolute atomic E-state index is 0.0367. The highest BCUT2D eigenvalue weighted by Gasteiger charge is 2.25. The van der Waals surface area contributed by atoms with Gasteiger partial charge in [-0.3, -0.25) is 19.4 Å². The molecular weight excluding hydrogens is 457 g/mol. The molecule has 3 aromatic heterocycles. The van der Waals surface area contributed by atoms with Gasteiger partial charge < -0.3 is 25.8 Å². The molecule has 3 heterocycles. The number of aromatic amines is 1. The summed E-state index contributed by atoms with van der Waals surface area (Å²) in [6.45, 7) is 0.501. The normalized spacial score (nSPS) is 12.0. The summed E-state index contributed by atoms with van der Waals surface area (Å²) in [7, 11) is 0. The third-order valence-electron chi connectivity index (χ3n) is 4.99. The number of anilines is 1. The van der Waals surface area contributed by atoms with E-state index in [4.69, 9.17) is 15.9 Å². The van der Waals surface area contributed by atoms with Gasteiger partial charge in [0.1, 0.15) is 22.3 Å². The van der Waals surface area contributed by atoms with Crippen LogP contribution in [-0.4, -0.2) is 48.6 Å². The molecule has 0 radical (unpaired) electrons. The predicted molar refractivity (Wildman–Crippen MR) is 118 cm³/mol. The van der Waals surface area contributed by atoms with E-state index in [1.807, 2.05) is 0 Å². The number of aromatic nitrogens is 3. The predicted octanol–water partition coefficient (Wildman–Crippen LogP) is 1.58. The largest absolute Gasteiger partial charge is 0.481 e. The number of nitrogens with two attached hydrogens (primary N) is 1. The smallest absolute Gasteiger partial charge is 0.326 e. The number of carbonyl (C=O) groups is 3. The lowest BCUT2D eigenvalue weighted by atomic mass is 10.1. The van der Waals surface area contributed by atoms with Crippen LogP contribution in [0.5, 0.6) is 0 Å². The van der Waals surface area contributed by atoms with Crippen LogP contribution in [-0.2, 0) is 22.6 Å².